The predicted molar refractivity (Wildman–Crippen MR) is 71.7 cm³/mol. The molecule has 16 heavy (non-hydrogen) atoms. The topological polar surface area (TPSA) is 47.6 Å². The summed E-state index contributed by atoms with van der Waals surface area (Å²) in [5.41, 5.74) is 6.83. The first-order valence-corrected chi connectivity index (χ1v) is 5.97. The molecule has 1 aliphatic heterocycles. The largest absolute Gasteiger partial charge is 0.494 e. The van der Waals surface area contributed by atoms with Crippen molar-refractivity contribution in [1.82, 2.24) is 0 Å². The zero-order valence-corrected chi connectivity index (χ0v) is 10.7. The lowest BCUT2D eigenvalue weighted by Gasteiger charge is -2.07. The molecular formula is C11H15ClN2OS. The molecule has 0 radical (unpaired) electrons. The van der Waals surface area contributed by atoms with Gasteiger partial charge in [-0.15, -0.1) is 12.4 Å². The summed E-state index contributed by atoms with van der Waals surface area (Å²) < 4.78 is 5.38. The van der Waals surface area contributed by atoms with Crippen molar-refractivity contribution in [2.24, 2.45) is 10.7 Å². The lowest BCUT2D eigenvalue weighted by molar-refractivity contribution is 0.340. The highest BCUT2D eigenvalue weighted by Crippen LogP contribution is 2.29. The molecule has 88 valence electrons. The molecule has 1 aromatic rings. The molecular weight excluding hydrogens is 244 g/mol. The number of halogens is 1. The third-order valence-corrected chi connectivity index (χ3v) is 3.13. The molecule has 0 spiro atoms. The molecule has 3 nitrogen and oxygen atoms in total. The van der Waals surface area contributed by atoms with E-state index in [0.29, 0.717) is 11.8 Å². The number of nitrogens with two attached hydrogens (primary N) is 1. The lowest BCUT2D eigenvalue weighted by Crippen LogP contribution is -2.01. The van der Waals surface area contributed by atoms with Crippen LogP contribution in [0.3, 0.4) is 0 Å². The van der Waals surface area contributed by atoms with Gasteiger partial charge in [0.25, 0.3) is 0 Å². The molecule has 5 heteroatoms. The van der Waals surface area contributed by atoms with Gasteiger partial charge >= 0.3 is 0 Å². The van der Waals surface area contributed by atoms with Gasteiger partial charge in [0.05, 0.1) is 12.6 Å². The van der Waals surface area contributed by atoms with Crippen LogP contribution in [-0.2, 0) is 0 Å². The van der Waals surface area contributed by atoms with Gasteiger partial charge in [-0.1, -0.05) is 23.9 Å². The first kappa shape index (κ1) is 13.2. The third-order valence-electron chi connectivity index (χ3n) is 2.25. The molecule has 1 aliphatic rings. The quantitative estimate of drug-likeness (QED) is 0.907. The molecule has 1 aromatic carbocycles. The molecule has 2 N–H and O–H groups in total. The minimum absolute atomic E-state index is 0. The van der Waals surface area contributed by atoms with Crippen LogP contribution in [0.25, 0.3) is 0 Å². The van der Waals surface area contributed by atoms with Gasteiger partial charge in [0, 0.05) is 5.75 Å². The summed E-state index contributed by atoms with van der Waals surface area (Å²) in [6, 6.07) is 8.28. The molecule has 0 unspecified atom stereocenters. The molecule has 0 fully saturated rings. The number of aliphatic imine (C=N–C) groups is 1. The Kier molecular flexibility index (Phi) is 4.96. The number of ether oxygens (including phenoxy) is 1. The Bertz CT molecular complexity index is 367. The Morgan fingerprint density at radius 2 is 2.12 bits per heavy atom. The number of rotatable bonds is 3. The molecule has 0 bridgehead atoms. The summed E-state index contributed by atoms with van der Waals surface area (Å²) in [7, 11) is 0. The van der Waals surface area contributed by atoms with Crippen molar-refractivity contribution in [3.63, 3.8) is 0 Å². The zero-order valence-electron chi connectivity index (χ0n) is 9.05. The molecule has 1 atom stereocenters. The van der Waals surface area contributed by atoms with Gasteiger partial charge in [-0.3, -0.25) is 4.99 Å². The fourth-order valence-electron chi connectivity index (χ4n) is 1.52. The van der Waals surface area contributed by atoms with E-state index in [1.165, 1.54) is 5.56 Å². The van der Waals surface area contributed by atoms with E-state index in [9.17, 15) is 0 Å². The molecule has 2 rings (SSSR count). The van der Waals surface area contributed by atoms with Crippen LogP contribution in [0.4, 0.5) is 0 Å². The van der Waals surface area contributed by atoms with Crippen molar-refractivity contribution in [2.75, 3.05) is 12.4 Å². The summed E-state index contributed by atoms with van der Waals surface area (Å²) in [6.45, 7) is 2.68. The average Bonchev–Trinajstić information content (AvgIpc) is 2.67. The van der Waals surface area contributed by atoms with Gasteiger partial charge < -0.3 is 10.5 Å². The van der Waals surface area contributed by atoms with Crippen LogP contribution in [0.1, 0.15) is 18.5 Å². The predicted octanol–water partition coefficient (Wildman–Crippen LogP) is 2.61. The molecule has 0 saturated carbocycles. The van der Waals surface area contributed by atoms with E-state index in [1.54, 1.807) is 11.8 Å². The van der Waals surface area contributed by atoms with E-state index in [4.69, 9.17) is 10.5 Å². The molecule has 1 heterocycles. The van der Waals surface area contributed by atoms with E-state index >= 15 is 0 Å². The van der Waals surface area contributed by atoms with Crippen LogP contribution >= 0.6 is 24.2 Å². The van der Waals surface area contributed by atoms with Crippen molar-refractivity contribution < 1.29 is 4.74 Å². The molecule has 0 aromatic heterocycles. The fraction of sp³-hybridized carbons (Fsp3) is 0.364. The number of amidine groups is 1. The first-order valence-electron chi connectivity index (χ1n) is 4.98. The number of nitrogens with zero attached hydrogens (tertiary/aromatic N) is 1. The van der Waals surface area contributed by atoms with Crippen LogP contribution in [-0.4, -0.2) is 17.5 Å². The number of thioether (sulfide) groups is 1. The van der Waals surface area contributed by atoms with Gasteiger partial charge in [-0.25, -0.2) is 0 Å². The van der Waals surface area contributed by atoms with Crippen LogP contribution in [0.2, 0.25) is 0 Å². The SMILES string of the molecule is CCOc1ccc([C@@H]2CSC(N)=N2)cc1.Cl. The smallest absolute Gasteiger partial charge is 0.154 e. The number of hydrogen-bond donors (Lipinski definition) is 1. The van der Waals surface area contributed by atoms with E-state index in [1.807, 2.05) is 19.1 Å². The fourth-order valence-corrected chi connectivity index (χ4v) is 2.31. The Labute approximate surface area is 106 Å². The van der Waals surface area contributed by atoms with Crippen molar-refractivity contribution in [1.29, 1.82) is 0 Å². The average molecular weight is 259 g/mol. The van der Waals surface area contributed by atoms with E-state index in [0.717, 1.165) is 11.5 Å². The Hall–Kier alpha value is -0.870. The maximum absolute atomic E-state index is 5.63. The minimum atomic E-state index is 0. The summed E-state index contributed by atoms with van der Waals surface area (Å²) in [5.74, 6) is 1.85. The summed E-state index contributed by atoms with van der Waals surface area (Å²) >= 11 is 1.61. The summed E-state index contributed by atoms with van der Waals surface area (Å²) in [4.78, 5) is 4.35. The molecule has 0 amide bonds. The van der Waals surface area contributed by atoms with Crippen molar-refractivity contribution in [3.8, 4) is 5.75 Å². The second kappa shape index (κ2) is 6.01. The maximum Gasteiger partial charge on any atom is 0.154 e. The van der Waals surface area contributed by atoms with Crippen LogP contribution in [0.15, 0.2) is 29.3 Å². The van der Waals surface area contributed by atoms with Crippen LogP contribution in [0, 0.1) is 0 Å². The van der Waals surface area contributed by atoms with Gasteiger partial charge in [-0.2, -0.15) is 0 Å². The van der Waals surface area contributed by atoms with E-state index < -0.39 is 0 Å². The van der Waals surface area contributed by atoms with Gasteiger partial charge in [0.15, 0.2) is 5.17 Å². The molecule has 0 aliphatic carbocycles. The van der Waals surface area contributed by atoms with Crippen molar-refractivity contribution in [2.45, 2.75) is 13.0 Å². The van der Waals surface area contributed by atoms with Gasteiger partial charge in [-0.05, 0) is 24.6 Å². The number of benzene rings is 1. The zero-order chi connectivity index (χ0) is 10.7. The Balaban J connectivity index is 0.00000128. The van der Waals surface area contributed by atoms with E-state index in [2.05, 4.69) is 17.1 Å². The normalized spacial score (nSPS) is 18.8. The standard InChI is InChI=1S/C11H14N2OS.ClH/c1-2-14-9-5-3-8(4-6-9)10-7-15-11(12)13-10;/h3-6,10H,2,7H2,1H3,(H2,12,13);1H/t10-;/m0./s1. The minimum Gasteiger partial charge on any atom is -0.494 e. The second-order valence-corrected chi connectivity index (χ2v) is 4.34. The lowest BCUT2D eigenvalue weighted by atomic mass is 10.1. The van der Waals surface area contributed by atoms with Crippen molar-refractivity contribution in [3.05, 3.63) is 29.8 Å². The monoisotopic (exact) mass is 258 g/mol. The van der Waals surface area contributed by atoms with E-state index in [-0.39, 0.29) is 18.4 Å². The highest BCUT2D eigenvalue weighted by molar-refractivity contribution is 8.14. The molecule has 0 saturated heterocycles. The highest BCUT2D eigenvalue weighted by Gasteiger charge is 2.17. The summed E-state index contributed by atoms with van der Waals surface area (Å²) in [6.07, 6.45) is 0. The third kappa shape index (κ3) is 3.06. The Morgan fingerprint density at radius 1 is 1.44 bits per heavy atom. The Morgan fingerprint density at radius 3 is 2.62 bits per heavy atom. The van der Waals surface area contributed by atoms with Crippen LogP contribution < -0.4 is 10.5 Å². The van der Waals surface area contributed by atoms with Gasteiger partial charge in [0.2, 0.25) is 0 Å². The highest BCUT2D eigenvalue weighted by atomic mass is 35.5. The summed E-state index contributed by atoms with van der Waals surface area (Å²) in [5, 5.41) is 0.689. The maximum atomic E-state index is 5.63. The second-order valence-electron chi connectivity index (χ2n) is 3.30. The number of hydrogen-bond acceptors (Lipinski definition) is 4. The van der Waals surface area contributed by atoms with Crippen LogP contribution in [0.5, 0.6) is 5.75 Å². The first-order chi connectivity index (χ1) is 7.29. The van der Waals surface area contributed by atoms with Gasteiger partial charge in [0.1, 0.15) is 5.75 Å². The van der Waals surface area contributed by atoms with Crippen molar-refractivity contribution >= 4 is 29.3 Å².